The molecule has 0 aliphatic carbocycles. The largest absolute Gasteiger partial charge is 0.492 e. The van der Waals surface area contributed by atoms with E-state index in [9.17, 15) is 9.18 Å². The van der Waals surface area contributed by atoms with Crippen LogP contribution in [0, 0.1) is 12.7 Å². The van der Waals surface area contributed by atoms with Crippen molar-refractivity contribution in [3.63, 3.8) is 0 Å². The van der Waals surface area contributed by atoms with Crippen LogP contribution in [-0.4, -0.2) is 61.8 Å². The number of aryl methyl sites for hydroxylation is 1. The first-order valence-electron chi connectivity index (χ1n) is 12.2. The van der Waals surface area contributed by atoms with Crippen molar-refractivity contribution in [2.45, 2.75) is 27.7 Å². The number of esters is 1. The van der Waals surface area contributed by atoms with Gasteiger partial charge in [0.05, 0.1) is 35.8 Å². The molecule has 2 aromatic carbocycles. The van der Waals surface area contributed by atoms with Gasteiger partial charge < -0.3 is 24.6 Å². The Bertz CT molecular complexity index is 1210. The van der Waals surface area contributed by atoms with Crippen molar-refractivity contribution < 1.29 is 18.7 Å². The molecule has 1 aliphatic rings. The number of ether oxygens (including phenoxy) is 2. The van der Waals surface area contributed by atoms with Crippen LogP contribution in [0.15, 0.2) is 36.5 Å². The van der Waals surface area contributed by atoms with Crippen LogP contribution in [0.3, 0.4) is 0 Å². The summed E-state index contributed by atoms with van der Waals surface area (Å²) < 4.78 is 26.0. The smallest absolute Gasteiger partial charge is 0.341 e. The molecule has 3 aromatic rings. The van der Waals surface area contributed by atoms with Gasteiger partial charge in [0.15, 0.2) is 0 Å². The fraction of sp³-hybridized carbons (Fsp3) is 0.407. The topological polar surface area (TPSA) is 66.9 Å². The molecule has 1 aliphatic heterocycles. The molecule has 0 atom stereocenters. The highest BCUT2D eigenvalue weighted by Crippen LogP contribution is 2.39. The Labute approximate surface area is 205 Å². The molecule has 0 bridgehead atoms. The number of halogens is 1. The lowest BCUT2D eigenvalue weighted by Gasteiger charge is -2.36. The van der Waals surface area contributed by atoms with Crippen LogP contribution in [0.5, 0.6) is 5.75 Å². The molecule has 0 radical (unpaired) electrons. The number of hydrogen-bond donors (Lipinski definition) is 1. The average molecular weight is 481 g/mol. The molecular formula is C27H33FN4O3. The molecule has 0 spiro atoms. The highest BCUT2D eigenvalue weighted by atomic mass is 19.1. The summed E-state index contributed by atoms with van der Waals surface area (Å²) in [5.74, 6) is -0.171. The van der Waals surface area contributed by atoms with Crippen LogP contribution >= 0.6 is 0 Å². The number of pyridine rings is 1. The third-order valence-corrected chi connectivity index (χ3v) is 6.29. The van der Waals surface area contributed by atoms with E-state index in [4.69, 9.17) is 9.47 Å². The molecule has 1 aromatic heterocycles. The normalized spacial score (nSPS) is 14.3. The van der Waals surface area contributed by atoms with Gasteiger partial charge in [-0.15, -0.1) is 0 Å². The first-order valence-corrected chi connectivity index (χ1v) is 12.2. The Kier molecular flexibility index (Phi) is 7.70. The molecule has 0 saturated carbocycles. The number of carbonyl (C=O) groups excluding carboxylic acids is 1. The lowest BCUT2D eigenvalue weighted by Crippen LogP contribution is -2.46. The highest BCUT2D eigenvalue weighted by molar-refractivity contribution is 6.07. The Morgan fingerprint density at radius 2 is 1.86 bits per heavy atom. The lowest BCUT2D eigenvalue weighted by molar-refractivity contribution is 0.0527. The third-order valence-electron chi connectivity index (χ3n) is 6.29. The second-order valence-electron chi connectivity index (χ2n) is 8.57. The van der Waals surface area contributed by atoms with E-state index < -0.39 is 11.8 Å². The van der Waals surface area contributed by atoms with Crippen LogP contribution in [-0.2, 0) is 4.74 Å². The van der Waals surface area contributed by atoms with Gasteiger partial charge in [-0.3, -0.25) is 4.98 Å². The van der Waals surface area contributed by atoms with E-state index in [2.05, 4.69) is 27.0 Å². The Balaban J connectivity index is 1.88. The van der Waals surface area contributed by atoms with Crippen LogP contribution in [0.25, 0.3) is 10.9 Å². The number of nitrogens with zero attached hydrogens (tertiary/aromatic N) is 3. The predicted octanol–water partition coefficient (Wildman–Crippen LogP) is 5.14. The predicted molar refractivity (Wildman–Crippen MR) is 138 cm³/mol. The van der Waals surface area contributed by atoms with Gasteiger partial charge in [-0.25, -0.2) is 9.18 Å². The maximum atomic E-state index is 14.7. The summed E-state index contributed by atoms with van der Waals surface area (Å²) >= 11 is 0. The van der Waals surface area contributed by atoms with Crippen molar-refractivity contribution in [1.82, 2.24) is 9.88 Å². The van der Waals surface area contributed by atoms with Crippen LogP contribution in [0.1, 0.15) is 36.7 Å². The zero-order valence-corrected chi connectivity index (χ0v) is 20.9. The van der Waals surface area contributed by atoms with Crippen LogP contribution < -0.4 is 15.0 Å². The van der Waals surface area contributed by atoms with Gasteiger partial charge in [-0.2, -0.15) is 0 Å². The Hall–Kier alpha value is -3.39. The minimum absolute atomic E-state index is 0.228. The molecule has 0 unspecified atom stereocenters. The van der Waals surface area contributed by atoms with E-state index in [1.165, 1.54) is 12.3 Å². The molecule has 35 heavy (non-hydrogen) atoms. The highest BCUT2D eigenvalue weighted by Gasteiger charge is 2.23. The molecule has 7 nitrogen and oxygen atoms in total. The first-order chi connectivity index (χ1) is 16.9. The van der Waals surface area contributed by atoms with Crippen molar-refractivity contribution in [3.05, 3.63) is 53.5 Å². The molecule has 4 rings (SSSR count). The second-order valence-corrected chi connectivity index (χ2v) is 8.57. The van der Waals surface area contributed by atoms with E-state index in [1.54, 1.807) is 19.1 Å². The summed E-state index contributed by atoms with van der Waals surface area (Å²) in [5, 5.41) is 3.88. The molecule has 1 fully saturated rings. The van der Waals surface area contributed by atoms with Gasteiger partial charge in [-0.05, 0) is 51.1 Å². The Morgan fingerprint density at radius 3 is 2.54 bits per heavy atom. The standard InChI is InChI=1S/C27H33FN4O3/c1-5-31-10-12-32(13-11-31)24-15-19-22(16-25(24)34-6-2)29-17-20(27(33)35-7-3)26(19)30-23-14-18(4)8-9-21(23)28/h8-9,14-17H,5-7,10-13H2,1-4H3,(H,29,30). The van der Waals surface area contributed by atoms with Gasteiger partial charge in [0, 0.05) is 43.8 Å². The van der Waals surface area contributed by atoms with E-state index in [1.807, 2.05) is 26.0 Å². The second kappa shape index (κ2) is 10.9. The quantitative estimate of drug-likeness (QED) is 0.448. The number of carbonyl (C=O) groups is 1. The number of nitrogens with one attached hydrogen (secondary N) is 1. The number of anilines is 3. The third kappa shape index (κ3) is 5.32. The van der Waals surface area contributed by atoms with Gasteiger partial charge in [-0.1, -0.05) is 13.0 Å². The minimum Gasteiger partial charge on any atom is -0.492 e. The van der Waals surface area contributed by atoms with Crippen LogP contribution in [0.2, 0.25) is 0 Å². The van der Waals surface area contributed by atoms with E-state index in [-0.39, 0.29) is 17.9 Å². The summed E-state index contributed by atoms with van der Waals surface area (Å²) in [6.45, 7) is 13.2. The van der Waals surface area contributed by atoms with Crippen LogP contribution in [0.4, 0.5) is 21.5 Å². The maximum Gasteiger partial charge on any atom is 0.341 e. The van der Waals surface area contributed by atoms with Crippen molar-refractivity contribution in [2.24, 2.45) is 0 Å². The fourth-order valence-electron chi connectivity index (χ4n) is 4.40. The maximum absolute atomic E-state index is 14.7. The van der Waals surface area contributed by atoms with Gasteiger partial charge >= 0.3 is 5.97 Å². The number of fused-ring (bicyclic) bond motifs is 1. The SMILES string of the molecule is CCOC(=O)c1cnc2cc(OCC)c(N3CCN(CC)CC3)cc2c1Nc1cc(C)ccc1F. The molecule has 8 heteroatoms. The number of likely N-dealkylation sites (N-methyl/N-ethyl adjacent to an activating group) is 1. The fourth-order valence-corrected chi connectivity index (χ4v) is 4.40. The number of aromatic nitrogens is 1. The van der Waals surface area contributed by atoms with E-state index >= 15 is 0 Å². The van der Waals surface area contributed by atoms with Gasteiger partial charge in [0.1, 0.15) is 17.1 Å². The first kappa shape index (κ1) is 24.7. The van der Waals surface area contributed by atoms with Crippen molar-refractivity contribution in [3.8, 4) is 5.75 Å². The zero-order valence-electron chi connectivity index (χ0n) is 20.9. The lowest BCUT2D eigenvalue weighted by atomic mass is 10.1. The summed E-state index contributed by atoms with van der Waals surface area (Å²) in [5.41, 5.74) is 3.49. The summed E-state index contributed by atoms with van der Waals surface area (Å²) in [6.07, 6.45) is 1.48. The minimum atomic E-state index is -0.510. The molecular weight excluding hydrogens is 447 g/mol. The number of hydrogen-bond acceptors (Lipinski definition) is 7. The summed E-state index contributed by atoms with van der Waals surface area (Å²) in [7, 11) is 0. The Morgan fingerprint density at radius 1 is 1.09 bits per heavy atom. The van der Waals surface area contributed by atoms with Crippen molar-refractivity contribution in [1.29, 1.82) is 0 Å². The average Bonchev–Trinajstić information content (AvgIpc) is 2.86. The van der Waals surface area contributed by atoms with E-state index in [0.717, 1.165) is 49.7 Å². The van der Waals surface area contributed by atoms with Gasteiger partial charge in [0.25, 0.3) is 0 Å². The molecule has 0 amide bonds. The zero-order chi connectivity index (χ0) is 24.9. The van der Waals surface area contributed by atoms with Gasteiger partial charge in [0.2, 0.25) is 0 Å². The number of piperazine rings is 1. The molecule has 2 heterocycles. The number of rotatable bonds is 8. The molecule has 1 saturated heterocycles. The number of benzene rings is 2. The summed E-state index contributed by atoms with van der Waals surface area (Å²) in [4.78, 5) is 22.1. The monoisotopic (exact) mass is 480 g/mol. The molecule has 1 N–H and O–H groups in total. The van der Waals surface area contributed by atoms with E-state index in [0.29, 0.717) is 23.2 Å². The van der Waals surface area contributed by atoms with Crippen molar-refractivity contribution in [2.75, 3.05) is 56.2 Å². The molecule has 186 valence electrons. The summed E-state index contributed by atoms with van der Waals surface area (Å²) in [6, 6.07) is 8.73. The van der Waals surface area contributed by atoms with Crippen molar-refractivity contribution >= 4 is 33.9 Å².